The van der Waals surface area contributed by atoms with Gasteiger partial charge in [-0.2, -0.15) is 0 Å². The van der Waals surface area contributed by atoms with Gasteiger partial charge in [0.05, 0.1) is 6.61 Å². The van der Waals surface area contributed by atoms with E-state index in [0.29, 0.717) is 10.0 Å². The molecule has 2 rings (SSSR count). The first-order valence-corrected chi connectivity index (χ1v) is 7.83. The van der Waals surface area contributed by atoms with E-state index in [1.165, 1.54) is 6.92 Å². The first-order valence-electron chi connectivity index (χ1n) is 6.22. The van der Waals surface area contributed by atoms with Crippen molar-refractivity contribution in [3.05, 3.63) is 39.3 Å². The molecule has 1 aromatic heterocycles. The number of hydrogen-bond acceptors (Lipinski definition) is 6. The Morgan fingerprint density at radius 3 is 2.57 bits per heavy atom. The molecule has 1 aromatic carbocycles. The SMILES string of the molecule is CCOC(=O)c1nc(Nc2ccc(Br)cc2)sc1C(C)=O. The minimum absolute atomic E-state index is 0.0639. The molecule has 0 aliphatic carbocycles. The van der Waals surface area contributed by atoms with Crippen molar-refractivity contribution < 1.29 is 14.3 Å². The van der Waals surface area contributed by atoms with E-state index in [2.05, 4.69) is 26.2 Å². The smallest absolute Gasteiger partial charge is 0.358 e. The molecule has 1 heterocycles. The van der Waals surface area contributed by atoms with Gasteiger partial charge in [-0.1, -0.05) is 27.3 Å². The average Bonchev–Trinajstić information content (AvgIpc) is 2.86. The van der Waals surface area contributed by atoms with Gasteiger partial charge < -0.3 is 10.1 Å². The van der Waals surface area contributed by atoms with Crippen LogP contribution in [0.2, 0.25) is 0 Å². The highest BCUT2D eigenvalue weighted by Crippen LogP contribution is 2.27. The highest BCUT2D eigenvalue weighted by molar-refractivity contribution is 9.10. The van der Waals surface area contributed by atoms with Crippen LogP contribution in [0.4, 0.5) is 10.8 Å². The van der Waals surface area contributed by atoms with Crippen LogP contribution in [-0.2, 0) is 4.74 Å². The molecule has 0 aliphatic heterocycles. The molecule has 0 atom stereocenters. The number of rotatable bonds is 5. The van der Waals surface area contributed by atoms with Crippen molar-refractivity contribution in [3.8, 4) is 0 Å². The lowest BCUT2D eigenvalue weighted by Crippen LogP contribution is -2.09. The number of esters is 1. The summed E-state index contributed by atoms with van der Waals surface area (Å²) in [6, 6.07) is 7.49. The standard InChI is InChI=1S/C14H13BrN2O3S/c1-3-20-13(19)11-12(8(2)18)21-14(17-11)16-10-6-4-9(15)5-7-10/h4-7H,3H2,1-2H3,(H,16,17). The van der Waals surface area contributed by atoms with Gasteiger partial charge in [0.2, 0.25) is 0 Å². The second kappa shape index (κ2) is 6.82. The van der Waals surface area contributed by atoms with E-state index in [0.717, 1.165) is 21.5 Å². The summed E-state index contributed by atoms with van der Waals surface area (Å²) in [5, 5.41) is 3.55. The van der Waals surface area contributed by atoms with Crippen LogP contribution >= 0.6 is 27.3 Å². The van der Waals surface area contributed by atoms with Crippen molar-refractivity contribution in [2.75, 3.05) is 11.9 Å². The Bertz CT molecular complexity index is 667. The second-order valence-corrected chi connectivity index (χ2v) is 6.02. The molecule has 2 aromatic rings. The molecule has 1 N–H and O–H groups in total. The Kier molecular flexibility index (Phi) is 5.08. The highest BCUT2D eigenvalue weighted by atomic mass is 79.9. The number of carbonyl (C=O) groups excluding carboxylic acids is 2. The topological polar surface area (TPSA) is 68.3 Å². The van der Waals surface area contributed by atoms with Gasteiger partial charge in [0.15, 0.2) is 16.6 Å². The summed E-state index contributed by atoms with van der Waals surface area (Å²) in [5.41, 5.74) is 0.881. The first-order chi connectivity index (χ1) is 10.0. The lowest BCUT2D eigenvalue weighted by molar-refractivity contribution is 0.0517. The molecular formula is C14H13BrN2O3S. The molecule has 0 radical (unpaired) electrons. The lowest BCUT2D eigenvalue weighted by Gasteiger charge is -2.01. The van der Waals surface area contributed by atoms with Crippen LogP contribution in [0.1, 0.15) is 34.0 Å². The fourth-order valence-electron chi connectivity index (χ4n) is 1.61. The van der Waals surface area contributed by atoms with E-state index in [4.69, 9.17) is 4.74 Å². The summed E-state index contributed by atoms with van der Waals surface area (Å²) in [4.78, 5) is 27.9. The largest absolute Gasteiger partial charge is 0.461 e. The number of benzene rings is 1. The van der Waals surface area contributed by atoms with Crippen LogP contribution in [0.15, 0.2) is 28.7 Å². The number of aromatic nitrogens is 1. The number of hydrogen-bond donors (Lipinski definition) is 1. The number of halogens is 1. The fourth-order valence-corrected chi connectivity index (χ4v) is 2.74. The van der Waals surface area contributed by atoms with Crippen LogP contribution < -0.4 is 5.32 Å². The Balaban J connectivity index is 2.28. The number of nitrogens with one attached hydrogen (secondary N) is 1. The lowest BCUT2D eigenvalue weighted by atomic mass is 10.3. The maximum atomic E-state index is 11.8. The highest BCUT2D eigenvalue weighted by Gasteiger charge is 2.22. The first kappa shape index (κ1) is 15.7. The molecule has 0 saturated heterocycles. The summed E-state index contributed by atoms with van der Waals surface area (Å²) in [6.07, 6.45) is 0. The third-order valence-corrected chi connectivity index (χ3v) is 4.11. The third kappa shape index (κ3) is 3.89. The van der Waals surface area contributed by atoms with E-state index >= 15 is 0 Å². The Hall–Kier alpha value is -1.73. The van der Waals surface area contributed by atoms with Gasteiger partial charge in [0.25, 0.3) is 0 Å². The molecule has 110 valence electrons. The monoisotopic (exact) mass is 368 g/mol. The third-order valence-electron chi connectivity index (χ3n) is 2.51. The summed E-state index contributed by atoms with van der Waals surface area (Å²) in [6.45, 7) is 3.35. The van der Waals surface area contributed by atoms with E-state index in [1.54, 1.807) is 6.92 Å². The van der Waals surface area contributed by atoms with E-state index in [1.807, 2.05) is 24.3 Å². The van der Waals surface area contributed by atoms with Gasteiger partial charge in [-0.3, -0.25) is 4.79 Å². The number of anilines is 2. The molecule has 5 nitrogen and oxygen atoms in total. The van der Waals surface area contributed by atoms with Gasteiger partial charge >= 0.3 is 5.97 Å². The summed E-state index contributed by atoms with van der Waals surface area (Å²) in [5.74, 6) is -0.790. The molecule has 0 fully saturated rings. The molecule has 21 heavy (non-hydrogen) atoms. The van der Waals surface area contributed by atoms with Crippen LogP contribution in [-0.4, -0.2) is 23.3 Å². The quantitative estimate of drug-likeness (QED) is 0.637. The molecule has 7 heteroatoms. The van der Waals surface area contributed by atoms with Crippen LogP contribution in [0, 0.1) is 0 Å². The van der Waals surface area contributed by atoms with Crippen LogP contribution in [0.3, 0.4) is 0 Å². The van der Waals surface area contributed by atoms with Crippen LogP contribution in [0.5, 0.6) is 0 Å². The van der Waals surface area contributed by atoms with Crippen LogP contribution in [0.25, 0.3) is 0 Å². The van der Waals surface area contributed by atoms with Gasteiger partial charge in [-0.15, -0.1) is 0 Å². The predicted octanol–water partition coefficient (Wildman–Crippen LogP) is 4.03. The number of nitrogens with zero attached hydrogens (tertiary/aromatic N) is 1. The average molecular weight is 369 g/mol. The zero-order chi connectivity index (χ0) is 15.4. The number of thiazole rings is 1. The molecule has 0 amide bonds. The van der Waals surface area contributed by atoms with Gasteiger partial charge in [-0.05, 0) is 31.2 Å². The van der Waals surface area contributed by atoms with Crippen molar-refractivity contribution in [3.63, 3.8) is 0 Å². The van der Waals surface area contributed by atoms with Crippen molar-refractivity contribution in [2.45, 2.75) is 13.8 Å². The molecule has 0 saturated carbocycles. The zero-order valence-corrected chi connectivity index (χ0v) is 13.9. The molecule has 0 bridgehead atoms. The summed E-state index contributed by atoms with van der Waals surface area (Å²) < 4.78 is 5.88. The normalized spacial score (nSPS) is 10.2. The molecule has 0 spiro atoms. The van der Waals surface area contributed by atoms with Gasteiger partial charge in [-0.25, -0.2) is 9.78 Å². The molecule has 0 unspecified atom stereocenters. The number of Topliss-reactive ketones (excluding diaryl/α,β-unsaturated/α-hetero) is 1. The molecule has 0 aliphatic rings. The number of ether oxygens (including phenoxy) is 1. The minimum atomic E-state index is -0.581. The van der Waals surface area contributed by atoms with Gasteiger partial charge in [0, 0.05) is 17.1 Å². The van der Waals surface area contributed by atoms with Crippen molar-refractivity contribution in [2.24, 2.45) is 0 Å². The Labute approximate surface area is 134 Å². The van der Waals surface area contributed by atoms with E-state index < -0.39 is 5.97 Å². The fraction of sp³-hybridized carbons (Fsp3) is 0.214. The summed E-state index contributed by atoms with van der Waals surface area (Å²) in [7, 11) is 0. The van der Waals surface area contributed by atoms with Crippen molar-refractivity contribution in [1.29, 1.82) is 0 Å². The maximum Gasteiger partial charge on any atom is 0.358 e. The molecular weight excluding hydrogens is 356 g/mol. The number of carbonyl (C=O) groups is 2. The summed E-state index contributed by atoms with van der Waals surface area (Å²) >= 11 is 4.49. The zero-order valence-electron chi connectivity index (χ0n) is 11.5. The minimum Gasteiger partial charge on any atom is -0.461 e. The van der Waals surface area contributed by atoms with Gasteiger partial charge in [0.1, 0.15) is 4.88 Å². The second-order valence-electron chi connectivity index (χ2n) is 4.11. The Morgan fingerprint density at radius 2 is 2.00 bits per heavy atom. The Morgan fingerprint density at radius 1 is 1.33 bits per heavy atom. The number of ketones is 1. The maximum absolute atomic E-state index is 11.8. The van der Waals surface area contributed by atoms with Crippen molar-refractivity contribution >= 4 is 49.8 Å². The van der Waals surface area contributed by atoms with Crippen molar-refractivity contribution in [1.82, 2.24) is 4.98 Å². The predicted molar refractivity (Wildman–Crippen MR) is 85.5 cm³/mol. The van der Waals surface area contributed by atoms with E-state index in [9.17, 15) is 9.59 Å². The van der Waals surface area contributed by atoms with E-state index in [-0.39, 0.29) is 18.1 Å².